The molecule has 4 rings (SSSR count). The minimum Gasteiger partial charge on any atom is -1.00 e. The smallest absolute Gasteiger partial charge is 0.513 e. The highest BCUT2D eigenvalue weighted by Gasteiger charge is 2.28. The fourth-order valence-corrected chi connectivity index (χ4v) is 5.51. The number of halogens is 1. The lowest BCUT2D eigenvalue weighted by atomic mass is 10.1. The lowest BCUT2D eigenvalue weighted by Gasteiger charge is -2.11. The number of methoxy groups -OCH3 is 1. The molecule has 4 aromatic rings. The van der Waals surface area contributed by atoms with Gasteiger partial charge in [-0.3, -0.25) is 0 Å². The number of ether oxygens (including phenoxy) is 2. The lowest BCUT2D eigenvalue weighted by Crippen LogP contribution is -3.00. The highest BCUT2D eigenvalue weighted by Crippen LogP contribution is 2.33. The van der Waals surface area contributed by atoms with Gasteiger partial charge >= 0.3 is 6.16 Å². The van der Waals surface area contributed by atoms with Gasteiger partial charge in [-0.2, -0.15) is 0 Å². The van der Waals surface area contributed by atoms with E-state index in [2.05, 4.69) is 71.5 Å². The summed E-state index contributed by atoms with van der Waals surface area (Å²) in [7, 11) is 1.13. The van der Waals surface area contributed by atoms with Crippen LogP contribution >= 0.6 is 0 Å². The Bertz CT molecular complexity index is 1110. The highest BCUT2D eigenvalue weighted by atomic mass is 35.5. The first-order valence-corrected chi connectivity index (χ1v) is 10.7. The van der Waals surface area contributed by atoms with Crippen molar-refractivity contribution in [1.82, 2.24) is 0 Å². The zero-order valence-electron chi connectivity index (χ0n) is 16.5. The maximum absolute atomic E-state index is 11.4. The molecule has 0 N–H and O–H groups in total. The molecule has 30 heavy (non-hydrogen) atoms. The molecule has 1 unspecified atom stereocenters. The fraction of sp³-hybridized carbons (Fsp3) is 0.0800. The third-order valence-electron chi connectivity index (χ3n) is 4.65. The summed E-state index contributed by atoms with van der Waals surface area (Å²) in [6.07, 6.45) is -0.713. The second kappa shape index (κ2) is 10.2. The summed E-state index contributed by atoms with van der Waals surface area (Å²) in [4.78, 5) is 13.9. The molecule has 0 aliphatic rings. The van der Waals surface area contributed by atoms with Gasteiger partial charge in [0.2, 0.25) is 0 Å². The Morgan fingerprint density at radius 2 is 1.47 bits per heavy atom. The van der Waals surface area contributed by atoms with Crippen LogP contribution in [0.4, 0.5) is 4.79 Å². The van der Waals surface area contributed by atoms with Gasteiger partial charge in [-0.1, -0.05) is 60.7 Å². The topological polar surface area (TPSA) is 35.5 Å². The van der Waals surface area contributed by atoms with E-state index in [1.165, 1.54) is 33.2 Å². The molecule has 0 saturated heterocycles. The normalized spacial score (nSPS) is 11.4. The first kappa shape index (κ1) is 21.8. The number of carbonyl (C=O) groups excluding carboxylic acids is 1. The number of carbonyl (C=O) groups is 1. The van der Waals surface area contributed by atoms with Crippen LogP contribution in [-0.2, 0) is 21.4 Å². The number of hydrogen-bond acceptors (Lipinski definition) is 3. The molecule has 0 aliphatic heterocycles. The molecule has 152 valence electrons. The van der Waals surface area contributed by atoms with Crippen LogP contribution in [0, 0.1) is 0 Å². The van der Waals surface area contributed by atoms with Crippen molar-refractivity contribution in [2.75, 3.05) is 7.11 Å². The van der Waals surface area contributed by atoms with E-state index in [1.807, 2.05) is 30.3 Å². The van der Waals surface area contributed by atoms with Gasteiger partial charge in [0.15, 0.2) is 9.79 Å². The van der Waals surface area contributed by atoms with Crippen LogP contribution in [-0.4, -0.2) is 13.3 Å². The Labute approximate surface area is 185 Å². The first-order valence-electron chi connectivity index (χ1n) is 9.33. The molecule has 3 nitrogen and oxygen atoms in total. The van der Waals surface area contributed by atoms with Crippen LogP contribution in [0.1, 0.15) is 5.56 Å². The molecule has 0 fully saturated rings. The molecular weight excluding hydrogens is 416 g/mol. The largest absolute Gasteiger partial charge is 1.00 e. The summed E-state index contributed by atoms with van der Waals surface area (Å²) in [6.45, 7) is 0. The van der Waals surface area contributed by atoms with Gasteiger partial charge in [-0.15, -0.1) is 0 Å². The predicted octanol–water partition coefficient (Wildman–Crippen LogP) is 3.23. The van der Waals surface area contributed by atoms with Crippen molar-refractivity contribution in [3.05, 3.63) is 103 Å². The molecule has 0 aromatic heterocycles. The standard InChI is InChI=1S/C25H21O3S.ClH/c1-27-25(26)28-21-14-16-22(17-15-21)29(18-19-8-3-2-4-9-19)24-13-7-11-20-10-5-6-12-23(20)24;/h2-17H,18H2,1H3;1H/q+1;/p-1. The zero-order chi connectivity index (χ0) is 20.1. The van der Waals surface area contributed by atoms with Crippen LogP contribution < -0.4 is 17.1 Å². The Kier molecular flexibility index (Phi) is 7.39. The molecule has 4 aromatic carbocycles. The third-order valence-corrected chi connectivity index (χ3v) is 7.00. The molecular formula is C25H21ClO3S. The van der Waals surface area contributed by atoms with E-state index in [0.717, 1.165) is 5.75 Å². The molecule has 0 amide bonds. The van der Waals surface area contributed by atoms with E-state index in [1.54, 1.807) is 0 Å². The fourth-order valence-electron chi connectivity index (χ4n) is 3.25. The van der Waals surface area contributed by atoms with Gasteiger partial charge in [0.05, 0.1) is 18.0 Å². The molecule has 0 heterocycles. The second-order valence-electron chi connectivity index (χ2n) is 6.53. The van der Waals surface area contributed by atoms with Crippen molar-refractivity contribution in [1.29, 1.82) is 0 Å². The van der Waals surface area contributed by atoms with E-state index >= 15 is 0 Å². The second-order valence-corrected chi connectivity index (χ2v) is 8.51. The van der Waals surface area contributed by atoms with Gasteiger partial charge in [0.1, 0.15) is 11.5 Å². The minimum atomic E-state index is -0.713. The maximum Gasteiger partial charge on any atom is 0.513 e. The van der Waals surface area contributed by atoms with Crippen molar-refractivity contribution in [3.8, 4) is 5.75 Å². The Morgan fingerprint density at radius 3 is 2.20 bits per heavy atom. The SMILES string of the molecule is COC(=O)Oc1ccc([S+](Cc2ccccc2)c2cccc3ccccc23)cc1.[Cl-]. The average molecular weight is 437 g/mol. The molecule has 0 radical (unpaired) electrons. The van der Waals surface area contributed by atoms with E-state index in [4.69, 9.17) is 4.74 Å². The minimum absolute atomic E-state index is 0. The maximum atomic E-state index is 11.4. The van der Waals surface area contributed by atoms with Crippen LogP contribution in [0.3, 0.4) is 0 Å². The van der Waals surface area contributed by atoms with Gasteiger partial charge in [-0.25, -0.2) is 4.79 Å². The average Bonchev–Trinajstić information content (AvgIpc) is 2.78. The van der Waals surface area contributed by atoms with Gasteiger partial charge in [0, 0.05) is 10.9 Å². The van der Waals surface area contributed by atoms with E-state index in [-0.39, 0.29) is 23.3 Å². The monoisotopic (exact) mass is 436 g/mol. The van der Waals surface area contributed by atoms with E-state index < -0.39 is 6.16 Å². The lowest BCUT2D eigenvalue weighted by molar-refractivity contribution is -0.0000145. The Hall–Kier alpha value is -2.95. The van der Waals surface area contributed by atoms with Crippen molar-refractivity contribution in [2.24, 2.45) is 0 Å². The van der Waals surface area contributed by atoms with Crippen molar-refractivity contribution in [3.63, 3.8) is 0 Å². The number of benzene rings is 4. The molecule has 0 bridgehead atoms. The zero-order valence-corrected chi connectivity index (χ0v) is 18.0. The summed E-state index contributed by atoms with van der Waals surface area (Å²) in [5.41, 5.74) is 1.29. The van der Waals surface area contributed by atoms with Gasteiger partial charge in [0.25, 0.3) is 0 Å². The van der Waals surface area contributed by atoms with Crippen molar-refractivity contribution < 1.29 is 26.7 Å². The van der Waals surface area contributed by atoms with Gasteiger partial charge in [-0.05, 0) is 41.8 Å². The first-order chi connectivity index (χ1) is 14.2. The molecule has 1 atom stereocenters. The number of hydrogen-bond donors (Lipinski definition) is 0. The molecule has 5 heteroatoms. The Morgan fingerprint density at radius 1 is 0.800 bits per heavy atom. The summed E-state index contributed by atoms with van der Waals surface area (Å²) in [5.74, 6) is 1.38. The quantitative estimate of drug-likeness (QED) is 0.274. The van der Waals surface area contributed by atoms with Crippen LogP contribution in [0.15, 0.2) is 107 Å². The number of fused-ring (bicyclic) bond motifs is 1. The summed E-state index contributed by atoms with van der Waals surface area (Å²) >= 11 is 0. The van der Waals surface area contributed by atoms with Crippen LogP contribution in [0.25, 0.3) is 10.8 Å². The molecule has 0 spiro atoms. The predicted molar refractivity (Wildman–Crippen MR) is 117 cm³/mol. The van der Waals surface area contributed by atoms with Crippen LogP contribution in [0.5, 0.6) is 5.75 Å². The Balaban J connectivity index is 0.00000256. The van der Waals surface area contributed by atoms with Crippen LogP contribution in [0.2, 0.25) is 0 Å². The molecule has 0 saturated carbocycles. The highest BCUT2D eigenvalue weighted by molar-refractivity contribution is 7.96. The summed E-state index contributed by atoms with van der Waals surface area (Å²) in [6, 6.07) is 33.2. The van der Waals surface area contributed by atoms with E-state index in [9.17, 15) is 4.79 Å². The van der Waals surface area contributed by atoms with Gasteiger partial charge < -0.3 is 21.9 Å². The van der Waals surface area contributed by atoms with Crippen molar-refractivity contribution >= 4 is 27.8 Å². The third kappa shape index (κ3) is 4.96. The van der Waals surface area contributed by atoms with Crippen molar-refractivity contribution in [2.45, 2.75) is 15.5 Å². The summed E-state index contributed by atoms with van der Waals surface area (Å²) in [5, 5.41) is 2.50. The van der Waals surface area contributed by atoms with E-state index in [0.29, 0.717) is 5.75 Å². The number of rotatable bonds is 5. The molecule has 0 aliphatic carbocycles. The summed E-state index contributed by atoms with van der Waals surface area (Å²) < 4.78 is 9.70.